The van der Waals surface area contributed by atoms with Crippen LogP contribution >= 0.6 is 0 Å². The molecule has 0 saturated carbocycles. The van der Waals surface area contributed by atoms with Crippen LogP contribution in [-0.2, 0) is 49.5 Å². The number of esters is 1. The van der Waals surface area contributed by atoms with Crippen molar-refractivity contribution >= 4 is 23.8 Å². The third-order valence-corrected chi connectivity index (χ3v) is 9.64. The lowest BCUT2D eigenvalue weighted by molar-refractivity contribution is -0.246. The lowest BCUT2D eigenvalue weighted by Gasteiger charge is -2.43. The Kier molecular flexibility index (Phi) is 17.4. The van der Waals surface area contributed by atoms with Gasteiger partial charge in [-0.15, -0.1) is 0 Å². The summed E-state index contributed by atoms with van der Waals surface area (Å²) in [5.41, 5.74) is 0.901. The molecule has 1 aromatic carbocycles. The van der Waals surface area contributed by atoms with Gasteiger partial charge in [0.1, 0.15) is 32.9 Å². The topological polar surface area (TPSA) is 159 Å². The van der Waals surface area contributed by atoms with Crippen molar-refractivity contribution < 1.29 is 48.0 Å². The molecular weight excluding hydrogens is 608 g/mol. The van der Waals surface area contributed by atoms with Gasteiger partial charge in [0.2, 0.25) is 11.8 Å². The highest BCUT2D eigenvalue weighted by molar-refractivity contribution is 5.82. The highest BCUT2D eigenvalue weighted by atomic mass is 16.7. The molecule has 2 heterocycles. The molecule has 0 aliphatic carbocycles. The third kappa shape index (κ3) is 13.2. The van der Waals surface area contributed by atoms with E-state index >= 15 is 0 Å². The first-order valence-electron chi connectivity index (χ1n) is 16.8. The second-order valence-corrected chi connectivity index (χ2v) is 12.8. The molecule has 2 amide bonds. The van der Waals surface area contributed by atoms with Crippen LogP contribution in [0.3, 0.4) is 0 Å². The van der Waals surface area contributed by atoms with Crippen LogP contribution in [0.5, 0.6) is 0 Å². The van der Waals surface area contributed by atoms with Crippen molar-refractivity contribution in [2.75, 3.05) is 26.3 Å². The van der Waals surface area contributed by atoms with Gasteiger partial charge < -0.3 is 39.4 Å². The minimum absolute atomic E-state index is 0.133. The number of nitrogens with one attached hydrogen (secondary N) is 2. The van der Waals surface area contributed by atoms with Gasteiger partial charge in [-0.25, -0.2) is 0 Å². The molecule has 10 atom stereocenters. The fraction of sp³-hybridized carbons (Fsp3) is 0.714. The van der Waals surface area contributed by atoms with Crippen molar-refractivity contribution in [3.63, 3.8) is 0 Å². The highest BCUT2D eigenvalue weighted by Gasteiger charge is 2.40. The second kappa shape index (κ2) is 20.3. The van der Waals surface area contributed by atoms with Gasteiger partial charge in [0, 0.05) is 11.8 Å². The normalized spacial score (nSPS) is 30.3. The maximum absolute atomic E-state index is 12.0. The number of ether oxygens (including phenoxy) is 5. The summed E-state index contributed by atoms with van der Waals surface area (Å²) >= 11 is 0. The van der Waals surface area contributed by atoms with E-state index in [0.29, 0.717) is 23.7 Å². The number of hydrogen-bond donors (Lipinski definition) is 3. The Morgan fingerprint density at radius 2 is 1.13 bits per heavy atom. The molecule has 2 aliphatic rings. The largest absolute Gasteiger partial charge is 0.480 e. The van der Waals surface area contributed by atoms with E-state index in [1.54, 1.807) is 0 Å². The van der Waals surface area contributed by atoms with E-state index in [1.165, 1.54) is 0 Å². The fourth-order valence-electron chi connectivity index (χ4n) is 5.84. The summed E-state index contributed by atoms with van der Waals surface area (Å²) < 4.78 is 28.2. The number of hydrogen-bond acceptors (Lipinski definition) is 9. The minimum atomic E-state index is -1.07. The molecule has 0 bridgehead atoms. The van der Waals surface area contributed by atoms with Gasteiger partial charge in [0.15, 0.2) is 12.6 Å². The molecule has 3 N–H and O–H groups in total. The molecule has 1 aromatic rings. The number of carbonyl (C=O) groups is 4. The Morgan fingerprint density at radius 3 is 1.55 bits per heavy atom. The van der Waals surface area contributed by atoms with Crippen molar-refractivity contribution in [3.8, 4) is 0 Å². The number of rotatable bonds is 14. The summed E-state index contributed by atoms with van der Waals surface area (Å²) in [4.78, 5) is 45.5. The summed E-state index contributed by atoms with van der Waals surface area (Å²) in [7, 11) is 0. The molecule has 47 heavy (non-hydrogen) atoms. The summed E-state index contributed by atoms with van der Waals surface area (Å²) in [5, 5.41) is 13.3. The molecule has 2 saturated heterocycles. The van der Waals surface area contributed by atoms with Crippen LogP contribution in [0.1, 0.15) is 73.8 Å². The average Bonchev–Trinajstić information content (AvgIpc) is 3.07. The number of carbonyl (C=O) groups excluding carboxylic acids is 3. The highest BCUT2D eigenvalue weighted by Crippen LogP contribution is 2.37. The van der Waals surface area contributed by atoms with E-state index in [4.69, 9.17) is 28.8 Å². The van der Waals surface area contributed by atoms with Crippen molar-refractivity contribution in [3.05, 3.63) is 35.9 Å². The lowest BCUT2D eigenvalue weighted by atomic mass is 9.78. The smallest absolute Gasteiger partial charge is 0.325 e. The SMILES string of the molecule is CCC1OC(OCC(=O)NCC(=O)O)C(C)C(C)C1C.CCC1OC(OCC(=O)NCC(=O)OCc2ccccc2)C(C)C(C)C1C. The number of amides is 2. The third-order valence-electron chi connectivity index (χ3n) is 9.64. The number of aliphatic carboxylic acids is 1. The summed E-state index contributed by atoms with van der Waals surface area (Å²) in [5.74, 6) is -0.160. The second-order valence-electron chi connectivity index (χ2n) is 12.8. The van der Waals surface area contributed by atoms with Crippen LogP contribution in [0.15, 0.2) is 30.3 Å². The molecule has 2 fully saturated rings. The van der Waals surface area contributed by atoms with Gasteiger partial charge >= 0.3 is 11.9 Å². The maximum Gasteiger partial charge on any atom is 0.325 e. The summed E-state index contributed by atoms with van der Waals surface area (Å²) in [6.45, 7) is 16.3. The Labute approximate surface area is 279 Å². The zero-order chi connectivity index (χ0) is 35.1. The summed E-state index contributed by atoms with van der Waals surface area (Å²) in [6.07, 6.45) is 1.27. The van der Waals surface area contributed by atoms with Gasteiger partial charge in [-0.05, 0) is 42.1 Å². The monoisotopic (exact) mass is 664 g/mol. The van der Waals surface area contributed by atoms with Gasteiger partial charge in [-0.3, -0.25) is 19.2 Å². The van der Waals surface area contributed by atoms with Crippen LogP contribution in [0, 0.1) is 35.5 Å². The zero-order valence-electron chi connectivity index (χ0n) is 29.2. The Morgan fingerprint density at radius 1 is 0.681 bits per heavy atom. The fourth-order valence-corrected chi connectivity index (χ4v) is 5.84. The molecule has 0 radical (unpaired) electrons. The first-order valence-corrected chi connectivity index (χ1v) is 16.8. The Bertz CT molecular complexity index is 1110. The zero-order valence-corrected chi connectivity index (χ0v) is 29.2. The van der Waals surface area contributed by atoms with Crippen LogP contribution < -0.4 is 10.6 Å². The van der Waals surface area contributed by atoms with E-state index in [0.717, 1.165) is 18.4 Å². The number of carboxylic acids is 1. The van der Waals surface area contributed by atoms with Crippen LogP contribution in [-0.4, -0.2) is 80.0 Å². The van der Waals surface area contributed by atoms with Gasteiger partial charge in [0.05, 0.1) is 12.2 Å². The van der Waals surface area contributed by atoms with Crippen molar-refractivity contribution in [2.45, 2.75) is 99.6 Å². The number of carboxylic acid groups (broad SMARTS) is 1. The molecule has 12 heteroatoms. The standard InChI is InChI=1S/C21H31NO5.C14H25NO5/c1-5-18-15(3)14(2)16(4)21(27-18)26-13-19(23)22-11-20(24)25-12-17-9-7-6-8-10-17;1-5-11-9(3)8(2)10(4)14(20-11)19-7-12(16)15-6-13(17)18/h6-10,14-16,18,21H,5,11-13H2,1-4H3,(H,22,23);8-11,14H,5-7H2,1-4H3,(H,15,16)(H,17,18). The van der Waals surface area contributed by atoms with E-state index in [9.17, 15) is 19.2 Å². The van der Waals surface area contributed by atoms with E-state index in [2.05, 4.69) is 59.1 Å². The van der Waals surface area contributed by atoms with E-state index in [-0.39, 0.29) is 56.3 Å². The number of benzene rings is 1. The molecule has 12 nitrogen and oxygen atoms in total. The van der Waals surface area contributed by atoms with E-state index in [1.807, 2.05) is 37.3 Å². The molecule has 3 rings (SSSR count). The molecule has 0 spiro atoms. The molecule has 266 valence electrons. The van der Waals surface area contributed by atoms with Crippen LogP contribution in [0.4, 0.5) is 0 Å². The first kappa shape index (κ1) is 40.1. The van der Waals surface area contributed by atoms with Gasteiger partial charge in [-0.1, -0.05) is 85.7 Å². The lowest BCUT2D eigenvalue weighted by Crippen LogP contribution is -2.46. The van der Waals surface area contributed by atoms with Gasteiger partial charge in [-0.2, -0.15) is 0 Å². The molecule has 0 aromatic heterocycles. The minimum Gasteiger partial charge on any atom is -0.480 e. The first-order chi connectivity index (χ1) is 22.3. The Hall–Kier alpha value is -3.06. The van der Waals surface area contributed by atoms with Crippen molar-refractivity contribution in [1.82, 2.24) is 10.6 Å². The molecular formula is C35H56N2O10. The van der Waals surface area contributed by atoms with E-state index < -0.39 is 37.0 Å². The van der Waals surface area contributed by atoms with Crippen LogP contribution in [0.25, 0.3) is 0 Å². The van der Waals surface area contributed by atoms with Crippen molar-refractivity contribution in [1.29, 1.82) is 0 Å². The van der Waals surface area contributed by atoms with Crippen molar-refractivity contribution in [2.24, 2.45) is 35.5 Å². The average molecular weight is 665 g/mol. The Balaban J connectivity index is 0.000000343. The predicted molar refractivity (Wildman–Crippen MR) is 175 cm³/mol. The predicted octanol–water partition coefficient (Wildman–Crippen LogP) is 4.15. The molecule has 10 unspecified atom stereocenters. The quantitative estimate of drug-likeness (QED) is 0.247. The van der Waals surface area contributed by atoms with Crippen LogP contribution in [0.2, 0.25) is 0 Å². The summed E-state index contributed by atoms with van der Waals surface area (Å²) in [6, 6.07) is 9.39. The van der Waals surface area contributed by atoms with Gasteiger partial charge in [0.25, 0.3) is 0 Å². The maximum atomic E-state index is 12.0. The molecule has 2 aliphatic heterocycles.